The molecule has 0 aliphatic carbocycles. The first-order chi connectivity index (χ1) is 11.5. The minimum Gasteiger partial charge on any atom is -0.316 e. The van der Waals surface area contributed by atoms with Crippen LogP contribution in [0, 0.1) is 6.92 Å². The Labute approximate surface area is 153 Å². The van der Waals surface area contributed by atoms with E-state index in [0.29, 0.717) is 6.04 Å². The molecule has 1 aromatic heterocycles. The van der Waals surface area contributed by atoms with E-state index in [1.54, 1.807) is 23.7 Å². The van der Waals surface area contributed by atoms with Crippen molar-refractivity contribution >= 4 is 11.2 Å². The van der Waals surface area contributed by atoms with Crippen molar-refractivity contribution in [2.75, 3.05) is 6.54 Å². The summed E-state index contributed by atoms with van der Waals surface area (Å²) < 4.78 is 17.5. The quantitative estimate of drug-likeness (QED) is 0.733. The third-order valence-corrected chi connectivity index (χ3v) is 3.31. The molecule has 1 saturated heterocycles. The van der Waals surface area contributed by atoms with Crippen molar-refractivity contribution in [1.29, 1.82) is 0 Å². The van der Waals surface area contributed by atoms with Crippen LogP contribution in [0.25, 0.3) is 0 Å². The van der Waals surface area contributed by atoms with Gasteiger partial charge in [-0.2, -0.15) is 0 Å². The average Bonchev–Trinajstić information content (AvgIpc) is 3.03. The van der Waals surface area contributed by atoms with Gasteiger partial charge in [-0.3, -0.25) is 4.79 Å². The number of pyridine rings is 1. The lowest BCUT2D eigenvalue weighted by Gasteiger charge is -1.98. The Hall–Kier alpha value is -0.980. The SMILES string of the molecule is CC.CC.CC.CC.CC1CNS(=O)N1.Cc1cccc(=O)n1C. The molecular formula is C18H41N3O2S. The van der Waals surface area contributed by atoms with Crippen LogP contribution < -0.4 is 15.0 Å². The molecule has 6 heteroatoms. The van der Waals surface area contributed by atoms with Gasteiger partial charge in [0.25, 0.3) is 0 Å². The van der Waals surface area contributed by atoms with Gasteiger partial charge < -0.3 is 4.57 Å². The van der Waals surface area contributed by atoms with E-state index < -0.39 is 11.2 Å². The number of rotatable bonds is 0. The van der Waals surface area contributed by atoms with Gasteiger partial charge in [0.15, 0.2) is 11.2 Å². The minimum atomic E-state index is -0.953. The zero-order valence-electron chi connectivity index (χ0n) is 17.7. The maximum atomic E-state index is 10.8. The first kappa shape index (κ1) is 30.9. The Kier molecular flexibility index (Phi) is 31.2. The number of nitrogens with zero attached hydrogens (tertiary/aromatic N) is 1. The summed E-state index contributed by atoms with van der Waals surface area (Å²) >= 11 is -0.953. The number of nitrogens with one attached hydrogen (secondary N) is 2. The molecule has 1 fully saturated rings. The highest BCUT2D eigenvalue weighted by atomic mass is 32.2. The molecule has 0 aromatic carbocycles. The van der Waals surface area contributed by atoms with Crippen molar-refractivity contribution in [3.8, 4) is 0 Å². The predicted molar refractivity (Wildman–Crippen MR) is 111 cm³/mol. The van der Waals surface area contributed by atoms with E-state index in [1.807, 2.05) is 75.3 Å². The van der Waals surface area contributed by atoms with Gasteiger partial charge in [0.2, 0.25) is 5.56 Å². The Morgan fingerprint density at radius 1 is 1.04 bits per heavy atom. The van der Waals surface area contributed by atoms with Crippen molar-refractivity contribution in [3.63, 3.8) is 0 Å². The van der Waals surface area contributed by atoms with Crippen molar-refractivity contribution in [3.05, 3.63) is 34.2 Å². The number of hydrogen-bond donors (Lipinski definition) is 2. The van der Waals surface area contributed by atoms with Gasteiger partial charge in [0.1, 0.15) is 0 Å². The number of hydrogen-bond acceptors (Lipinski definition) is 2. The molecule has 0 amide bonds. The third-order valence-electron chi connectivity index (χ3n) is 2.26. The molecule has 24 heavy (non-hydrogen) atoms. The molecule has 0 radical (unpaired) electrons. The molecule has 1 aromatic rings. The van der Waals surface area contributed by atoms with E-state index >= 15 is 0 Å². The summed E-state index contributed by atoms with van der Waals surface area (Å²) in [6.45, 7) is 20.7. The van der Waals surface area contributed by atoms with Crippen molar-refractivity contribution in [2.45, 2.75) is 75.3 Å². The second-order valence-electron chi connectivity index (χ2n) is 3.70. The summed E-state index contributed by atoms with van der Waals surface area (Å²) in [6.07, 6.45) is 0. The van der Waals surface area contributed by atoms with E-state index in [1.165, 1.54) is 0 Å². The van der Waals surface area contributed by atoms with Crippen LogP contribution in [-0.4, -0.2) is 21.4 Å². The molecule has 1 aliphatic heterocycles. The standard InChI is InChI=1S/C7H9NO.C3H8N2OS.4C2H6/c1-6-4-3-5-7(9)8(6)2;1-3-2-4-7(6)5-3;4*1-2/h3-5H,1-2H3;3-5H,2H2,1H3;4*1-2H3. The van der Waals surface area contributed by atoms with Gasteiger partial charge in [0, 0.05) is 31.4 Å². The first-order valence-corrected chi connectivity index (χ1v) is 10.2. The lowest BCUT2D eigenvalue weighted by molar-refractivity contribution is 0.673. The summed E-state index contributed by atoms with van der Waals surface area (Å²) in [5, 5.41) is 0. The molecule has 2 N–H and O–H groups in total. The Bertz CT molecular complexity index is 435. The van der Waals surface area contributed by atoms with Crippen LogP contribution in [-0.2, 0) is 18.2 Å². The second kappa shape index (κ2) is 24.3. The van der Waals surface area contributed by atoms with Gasteiger partial charge >= 0.3 is 0 Å². The molecule has 2 heterocycles. The normalized spacial score (nSPS) is 16.8. The van der Waals surface area contributed by atoms with Gasteiger partial charge in [-0.05, 0) is 19.9 Å². The topological polar surface area (TPSA) is 63.1 Å². The highest BCUT2D eigenvalue weighted by molar-refractivity contribution is 7.81. The van der Waals surface area contributed by atoms with Crippen LogP contribution in [0.3, 0.4) is 0 Å². The fourth-order valence-corrected chi connectivity index (χ4v) is 2.07. The lowest BCUT2D eigenvalue weighted by Crippen LogP contribution is -2.19. The summed E-state index contributed by atoms with van der Waals surface area (Å²) in [6, 6.07) is 5.58. The fraction of sp³-hybridized carbons (Fsp3) is 0.722. The average molecular weight is 364 g/mol. The van der Waals surface area contributed by atoms with Crippen LogP contribution in [0.4, 0.5) is 0 Å². The molecular weight excluding hydrogens is 322 g/mol. The van der Waals surface area contributed by atoms with Crippen LogP contribution in [0.1, 0.15) is 68.0 Å². The maximum absolute atomic E-state index is 10.8. The van der Waals surface area contributed by atoms with E-state index in [4.69, 9.17) is 0 Å². The molecule has 2 rings (SSSR count). The highest BCUT2D eigenvalue weighted by Gasteiger charge is 2.12. The summed E-state index contributed by atoms with van der Waals surface area (Å²) in [5.41, 5.74) is 1.04. The summed E-state index contributed by atoms with van der Waals surface area (Å²) in [7, 11) is 1.76. The van der Waals surface area contributed by atoms with Gasteiger partial charge in [-0.15, -0.1) is 0 Å². The Morgan fingerprint density at radius 3 is 1.71 bits per heavy atom. The lowest BCUT2D eigenvalue weighted by atomic mass is 10.4. The Balaban J connectivity index is -0.000000119. The maximum Gasteiger partial charge on any atom is 0.250 e. The smallest absolute Gasteiger partial charge is 0.250 e. The molecule has 1 aliphatic rings. The highest BCUT2D eigenvalue weighted by Crippen LogP contribution is 1.87. The van der Waals surface area contributed by atoms with E-state index in [9.17, 15) is 9.00 Å². The molecule has 2 unspecified atom stereocenters. The first-order valence-electron chi connectivity index (χ1n) is 9.05. The summed E-state index contributed by atoms with van der Waals surface area (Å²) in [5.74, 6) is 0. The zero-order valence-corrected chi connectivity index (χ0v) is 18.5. The molecule has 2 atom stereocenters. The fourth-order valence-electron chi connectivity index (χ4n) is 1.13. The number of aryl methyl sites for hydroxylation is 1. The summed E-state index contributed by atoms with van der Waals surface area (Å²) in [4.78, 5) is 10.8. The van der Waals surface area contributed by atoms with Crippen molar-refractivity contribution in [2.24, 2.45) is 7.05 Å². The minimum absolute atomic E-state index is 0.0509. The Morgan fingerprint density at radius 2 is 1.50 bits per heavy atom. The van der Waals surface area contributed by atoms with E-state index in [-0.39, 0.29) is 5.56 Å². The van der Waals surface area contributed by atoms with Crippen molar-refractivity contribution in [1.82, 2.24) is 14.0 Å². The predicted octanol–water partition coefficient (Wildman–Crippen LogP) is 3.94. The van der Waals surface area contributed by atoms with Crippen LogP contribution >= 0.6 is 0 Å². The van der Waals surface area contributed by atoms with Crippen LogP contribution in [0.15, 0.2) is 23.0 Å². The van der Waals surface area contributed by atoms with Crippen LogP contribution in [0.2, 0.25) is 0 Å². The number of aromatic nitrogens is 1. The van der Waals surface area contributed by atoms with Gasteiger partial charge in [-0.25, -0.2) is 13.7 Å². The molecule has 0 bridgehead atoms. The van der Waals surface area contributed by atoms with Gasteiger partial charge in [0.05, 0.1) is 0 Å². The van der Waals surface area contributed by atoms with Crippen molar-refractivity contribution < 1.29 is 4.21 Å². The van der Waals surface area contributed by atoms with E-state index in [0.717, 1.165) is 12.2 Å². The monoisotopic (exact) mass is 363 g/mol. The zero-order chi connectivity index (χ0) is 20.1. The van der Waals surface area contributed by atoms with Crippen LogP contribution in [0.5, 0.6) is 0 Å². The van der Waals surface area contributed by atoms with E-state index in [2.05, 4.69) is 9.44 Å². The molecule has 146 valence electrons. The molecule has 5 nitrogen and oxygen atoms in total. The largest absolute Gasteiger partial charge is 0.316 e. The van der Waals surface area contributed by atoms with Gasteiger partial charge in [-0.1, -0.05) is 61.5 Å². The third kappa shape index (κ3) is 17.4. The molecule has 0 spiro atoms. The second-order valence-corrected chi connectivity index (χ2v) is 4.76. The molecule has 0 saturated carbocycles.